The second-order valence-corrected chi connectivity index (χ2v) is 4.77. The van der Waals surface area contributed by atoms with Crippen molar-refractivity contribution in [3.8, 4) is 0 Å². The summed E-state index contributed by atoms with van der Waals surface area (Å²) in [5.41, 5.74) is 7.70. The number of nitrogens with zero attached hydrogens (tertiary/aromatic N) is 1. The summed E-state index contributed by atoms with van der Waals surface area (Å²) >= 11 is 0. The van der Waals surface area contributed by atoms with Crippen LogP contribution in [0.3, 0.4) is 0 Å². The fourth-order valence-corrected chi connectivity index (χ4v) is 1.71. The third kappa shape index (κ3) is 4.19. The third-order valence-corrected chi connectivity index (χ3v) is 2.58. The van der Waals surface area contributed by atoms with Gasteiger partial charge in [-0.3, -0.25) is 4.79 Å². The quantitative estimate of drug-likeness (QED) is 0.850. The van der Waals surface area contributed by atoms with Gasteiger partial charge >= 0.3 is 0 Å². The van der Waals surface area contributed by atoms with Crippen LogP contribution in [0.5, 0.6) is 0 Å². The molecule has 0 saturated carbocycles. The lowest BCUT2D eigenvalue weighted by Crippen LogP contribution is -2.35. The molecule has 1 aromatic rings. The lowest BCUT2D eigenvalue weighted by atomic mass is 10.1. The molecule has 0 aromatic heterocycles. The highest BCUT2D eigenvalue weighted by Gasteiger charge is 2.15. The summed E-state index contributed by atoms with van der Waals surface area (Å²) < 4.78 is 0. The summed E-state index contributed by atoms with van der Waals surface area (Å²) in [5.74, 6) is 0.516. The van der Waals surface area contributed by atoms with Crippen LogP contribution in [0.1, 0.15) is 25.8 Å². The van der Waals surface area contributed by atoms with Crippen LogP contribution in [0.15, 0.2) is 24.3 Å². The van der Waals surface area contributed by atoms with E-state index in [0.717, 1.165) is 5.69 Å². The molecule has 1 rings (SSSR count). The molecule has 0 saturated heterocycles. The largest absolute Gasteiger partial charge is 0.329 e. The second-order valence-electron chi connectivity index (χ2n) is 4.77. The summed E-state index contributed by atoms with van der Waals surface area (Å²) in [6.07, 6.45) is 0.563. The summed E-state index contributed by atoms with van der Waals surface area (Å²) in [6.45, 7) is 7.20. The average molecular weight is 234 g/mol. The first-order chi connectivity index (χ1) is 8.04. The maximum absolute atomic E-state index is 12.1. The van der Waals surface area contributed by atoms with E-state index in [1.165, 1.54) is 5.56 Å². The number of carbonyl (C=O) groups excluding carboxylic acids is 1. The molecule has 1 aromatic carbocycles. The smallest absolute Gasteiger partial charge is 0.227 e. The van der Waals surface area contributed by atoms with Gasteiger partial charge in [0, 0.05) is 25.2 Å². The minimum absolute atomic E-state index is 0.148. The van der Waals surface area contributed by atoms with Crippen molar-refractivity contribution in [1.82, 2.24) is 0 Å². The van der Waals surface area contributed by atoms with E-state index in [1.54, 1.807) is 4.90 Å². The van der Waals surface area contributed by atoms with Gasteiger partial charge in [-0.05, 0) is 25.0 Å². The van der Waals surface area contributed by atoms with E-state index in [0.29, 0.717) is 25.4 Å². The average Bonchev–Trinajstić information content (AvgIpc) is 2.26. The van der Waals surface area contributed by atoms with Gasteiger partial charge in [-0.2, -0.15) is 0 Å². The van der Waals surface area contributed by atoms with Gasteiger partial charge in [-0.1, -0.05) is 31.5 Å². The van der Waals surface area contributed by atoms with Crippen LogP contribution in [-0.2, 0) is 4.79 Å². The van der Waals surface area contributed by atoms with Crippen LogP contribution in [0.4, 0.5) is 5.69 Å². The van der Waals surface area contributed by atoms with Crippen molar-refractivity contribution >= 4 is 11.6 Å². The molecule has 0 heterocycles. The number of rotatable bonds is 5. The molecule has 3 nitrogen and oxygen atoms in total. The number of hydrogen-bond acceptors (Lipinski definition) is 2. The fourth-order valence-electron chi connectivity index (χ4n) is 1.71. The summed E-state index contributed by atoms with van der Waals surface area (Å²) in [7, 11) is 0. The van der Waals surface area contributed by atoms with Crippen molar-refractivity contribution in [3.63, 3.8) is 0 Å². The Kier molecular flexibility index (Phi) is 5.16. The Hall–Kier alpha value is -1.35. The molecule has 0 radical (unpaired) electrons. The molecule has 17 heavy (non-hydrogen) atoms. The van der Waals surface area contributed by atoms with Gasteiger partial charge < -0.3 is 10.6 Å². The van der Waals surface area contributed by atoms with Gasteiger partial charge in [-0.25, -0.2) is 0 Å². The van der Waals surface area contributed by atoms with E-state index in [-0.39, 0.29) is 5.91 Å². The molecule has 0 unspecified atom stereocenters. The standard InChI is InChI=1S/C14H22N2O/c1-11(2)10-14(17)16(9-8-15)13-6-4-12(3)5-7-13/h4-7,11H,8-10,15H2,1-3H3. The number of amides is 1. The van der Waals surface area contributed by atoms with Crippen molar-refractivity contribution in [2.45, 2.75) is 27.2 Å². The molecule has 0 aliphatic carbocycles. The zero-order valence-electron chi connectivity index (χ0n) is 10.9. The Labute approximate surface area is 104 Å². The Morgan fingerprint density at radius 1 is 1.29 bits per heavy atom. The Morgan fingerprint density at radius 3 is 2.35 bits per heavy atom. The minimum atomic E-state index is 0.148. The molecule has 94 valence electrons. The first-order valence-corrected chi connectivity index (χ1v) is 6.11. The van der Waals surface area contributed by atoms with Gasteiger partial charge in [0.05, 0.1) is 0 Å². The topological polar surface area (TPSA) is 46.3 Å². The predicted molar refractivity (Wildman–Crippen MR) is 72.0 cm³/mol. The SMILES string of the molecule is Cc1ccc(N(CCN)C(=O)CC(C)C)cc1. The van der Waals surface area contributed by atoms with Gasteiger partial charge in [0.15, 0.2) is 0 Å². The highest BCUT2D eigenvalue weighted by molar-refractivity contribution is 5.93. The van der Waals surface area contributed by atoms with Crippen molar-refractivity contribution in [1.29, 1.82) is 0 Å². The number of anilines is 1. The maximum Gasteiger partial charge on any atom is 0.227 e. The van der Waals surface area contributed by atoms with E-state index >= 15 is 0 Å². The molecule has 0 bridgehead atoms. The van der Waals surface area contributed by atoms with Gasteiger partial charge in [0.25, 0.3) is 0 Å². The lowest BCUT2D eigenvalue weighted by Gasteiger charge is -2.23. The van der Waals surface area contributed by atoms with E-state index in [1.807, 2.05) is 45.0 Å². The molecule has 1 amide bonds. The summed E-state index contributed by atoms with van der Waals surface area (Å²) in [6, 6.07) is 7.98. The molecule has 0 fully saturated rings. The number of hydrogen-bond donors (Lipinski definition) is 1. The van der Waals surface area contributed by atoms with Crippen molar-refractivity contribution in [3.05, 3.63) is 29.8 Å². The number of nitrogens with two attached hydrogens (primary N) is 1. The first kappa shape index (κ1) is 13.7. The summed E-state index contributed by atoms with van der Waals surface area (Å²) in [4.78, 5) is 13.9. The predicted octanol–water partition coefficient (Wildman–Crippen LogP) is 2.33. The van der Waals surface area contributed by atoms with Crippen molar-refractivity contribution in [2.75, 3.05) is 18.0 Å². The van der Waals surface area contributed by atoms with Crippen molar-refractivity contribution in [2.24, 2.45) is 11.7 Å². The maximum atomic E-state index is 12.1. The molecule has 0 aliphatic rings. The fraction of sp³-hybridized carbons (Fsp3) is 0.500. The van der Waals surface area contributed by atoms with E-state index in [4.69, 9.17) is 5.73 Å². The molecule has 0 aliphatic heterocycles. The van der Waals surface area contributed by atoms with Gasteiger partial charge in [0.1, 0.15) is 0 Å². The lowest BCUT2D eigenvalue weighted by molar-refractivity contribution is -0.119. The van der Waals surface area contributed by atoms with E-state index < -0.39 is 0 Å². The van der Waals surface area contributed by atoms with Crippen LogP contribution in [0.25, 0.3) is 0 Å². The normalized spacial score (nSPS) is 10.6. The Bertz CT molecular complexity index is 357. The zero-order chi connectivity index (χ0) is 12.8. The van der Waals surface area contributed by atoms with E-state index in [2.05, 4.69) is 0 Å². The minimum Gasteiger partial charge on any atom is -0.329 e. The molecular formula is C14H22N2O. The second kappa shape index (κ2) is 6.40. The molecular weight excluding hydrogens is 212 g/mol. The molecule has 0 spiro atoms. The number of benzene rings is 1. The Morgan fingerprint density at radius 2 is 1.88 bits per heavy atom. The third-order valence-electron chi connectivity index (χ3n) is 2.58. The Balaban J connectivity index is 2.84. The van der Waals surface area contributed by atoms with Crippen LogP contribution >= 0.6 is 0 Å². The van der Waals surface area contributed by atoms with Gasteiger partial charge in [0.2, 0.25) is 5.91 Å². The monoisotopic (exact) mass is 234 g/mol. The summed E-state index contributed by atoms with van der Waals surface area (Å²) in [5, 5.41) is 0. The van der Waals surface area contributed by atoms with E-state index in [9.17, 15) is 4.79 Å². The van der Waals surface area contributed by atoms with Crippen LogP contribution in [-0.4, -0.2) is 19.0 Å². The molecule has 0 atom stereocenters. The van der Waals surface area contributed by atoms with Crippen LogP contribution in [0.2, 0.25) is 0 Å². The molecule has 2 N–H and O–H groups in total. The number of carbonyl (C=O) groups is 1. The number of aryl methyl sites for hydroxylation is 1. The van der Waals surface area contributed by atoms with Gasteiger partial charge in [-0.15, -0.1) is 0 Å². The highest BCUT2D eigenvalue weighted by Crippen LogP contribution is 2.17. The van der Waals surface area contributed by atoms with Crippen molar-refractivity contribution < 1.29 is 4.79 Å². The molecule has 3 heteroatoms. The highest BCUT2D eigenvalue weighted by atomic mass is 16.2. The van der Waals surface area contributed by atoms with Crippen LogP contribution < -0.4 is 10.6 Å². The first-order valence-electron chi connectivity index (χ1n) is 6.11. The zero-order valence-corrected chi connectivity index (χ0v) is 10.9. The van der Waals surface area contributed by atoms with Crippen LogP contribution in [0, 0.1) is 12.8 Å².